The number of amides is 2. The predicted molar refractivity (Wildman–Crippen MR) is 140 cm³/mol. The molecule has 1 saturated heterocycles. The molecule has 36 heavy (non-hydrogen) atoms. The summed E-state index contributed by atoms with van der Waals surface area (Å²) < 4.78 is 5.23. The average Bonchev–Trinajstić information content (AvgIpc) is 3.36. The highest BCUT2D eigenvalue weighted by Crippen LogP contribution is 2.53. The minimum atomic E-state index is -0.260. The SMILES string of the molecule is COC(=O)N1Cc2ccccc2C(C2CCN(Cc3ccccc3)CC2)([C@H]2CCC[C@@H]2NC(C)=O)C1. The Bertz CT molecular complexity index is 1070. The number of methoxy groups -OCH3 is 1. The molecule has 0 bridgehead atoms. The van der Waals surface area contributed by atoms with E-state index < -0.39 is 0 Å². The first-order valence-electron chi connectivity index (χ1n) is 13.5. The Balaban J connectivity index is 1.50. The van der Waals surface area contributed by atoms with E-state index in [0.717, 1.165) is 51.7 Å². The summed E-state index contributed by atoms with van der Waals surface area (Å²) in [5.41, 5.74) is 3.75. The number of benzene rings is 2. The van der Waals surface area contributed by atoms with Crippen molar-refractivity contribution >= 4 is 12.0 Å². The summed E-state index contributed by atoms with van der Waals surface area (Å²) in [5, 5.41) is 3.30. The van der Waals surface area contributed by atoms with Gasteiger partial charge in [-0.15, -0.1) is 0 Å². The minimum absolute atomic E-state index is 0.0358. The second-order valence-corrected chi connectivity index (χ2v) is 10.9. The van der Waals surface area contributed by atoms with Crippen LogP contribution in [0.3, 0.4) is 0 Å². The lowest BCUT2D eigenvalue weighted by Gasteiger charge is -2.54. The van der Waals surface area contributed by atoms with E-state index in [4.69, 9.17) is 4.74 Å². The highest BCUT2D eigenvalue weighted by Gasteiger charge is 2.55. The van der Waals surface area contributed by atoms with Gasteiger partial charge in [-0.05, 0) is 67.3 Å². The van der Waals surface area contributed by atoms with E-state index >= 15 is 0 Å². The Morgan fingerprint density at radius 1 is 1.00 bits per heavy atom. The normalized spacial score (nSPS) is 26.9. The van der Waals surface area contributed by atoms with Crippen molar-refractivity contribution in [1.82, 2.24) is 15.1 Å². The van der Waals surface area contributed by atoms with E-state index in [9.17, 15) is 9.59 Å². The standard InChI is InChI=1S/C30H39N3O3/c1-22(34)31-28-14-8-13-27(28)30(21-33(29(35)36-2)20-24-11-6-7-12-26(24)30)25-15-17-32(18-16-25)19-23-9-4-3-5-10-23/h3-7,9-12,25,27-28H,8,13-21H2,1-2H3,(H,31,34)/t27-,28-,30?/m0/s1. The predicted octanol–water partition coefficient (Wildman–Crippen LogP) is 4.72. The van der Waals surface area contributed by atoms with Crippen molar-refractivity contribution in [2.45, 2.75) is 63.6 Å². The monoisotopic (exact) mass is 489 g/mol. The fourth-order valence-electron chi connectivity index (χ4n) is 7.46. The zero-order valence-electron chi connectivity index (χ0n) is 21.6. The molecule has 2 aromatic carbocycles. The van der Waals surface area contributed by atoms with Gasteiger partial charge in [-0.1, -0.05) is 61.0 Å². The summed E-state index contributed by atoms with van der Waals surface area (Å²) in [5.74, 6) is 0.756. The molecule has 5 rings (SSSR count). The Morgan fingerprint density at radius 3 is 2.44 bits per heavy atom. The molecular formula is C30H39N3O3. The zero-order chi connectivity index (χ0) is 25.1. The van der Waals surface area contributed by atoms with Gasteiger partial charge >= 0.3 is 6.09 Å². The van der Waals surface area contributed by atoms with Gasteiger partial charge in [-0.25, -0.2) is 4.79 Å². The zero-order valence-corrected chi connectivity index (χ0v) is 21.6. The first-order chi connectivity index (χ1) is 17.5. The molecule has 192 valence electrons. The molecule has 2 heterocycles. The van der Waals surface area contributed by atoms with Crippen molar-refractivity contribution in [3.8, 4) is 0 Å². The number of rotatable bonds is 5. The molecule has 2 aliphatic heterocycles. The number of carbonyl (C=O) groups is 2. The summed E-state index contributed by atoms with van der Waals surface area (Å²) in [7, 11) is 1.47. The van der Waals surface area contributed by atoms with Crippen LogP contribution in [0.4, 0.5) is 4.79 Å². The number of nitrogens with one attached hydrogen (secondary N) is 1. The fraction of sp³-hybridized carbons (Fsp3) is 0.533. The van der Waals surface area contributed by atoms with Crippen LogP contribution in [0.5, 0.6) is 0 Å². The number of ether oxygens (including phenoxy) is 1. The Labute approximate surface area is 215 Å². The van der Waals surface area contributed by atoms with Gasteiger partial charge in [0.05, 0.1) is 7.11 Å². The molecule has 1 N–H and O–H groups in total. The van der Waals surface area contributed by atoms with Crippen LogP contribution in [0, 0.1) is 11.8 Å². The fourth-order valence-corrected chi connectivity index (χ4v) is 7.46. The van der Waals surface area contributed by atoms with Gasteiger partial charge in [0.15, 0.2) is 0 Å². The summed E-state index contributed by atoms with van der Waals surface area (Å²) in [6.07, 6.45) is 5.07. The molecule has 0 aromatic heterocycles. The van der Waals surface area contributed by atoms with Gasteiger partial charge in [0, 0.05) is 38.0 Å². The second kappa shape index (κ2) is 10.6. The van der Waals surface area contributed by atoms with Gasteiger partial charge in [-0.2, -0.15) is 0 Å². The number of hydrogen-bond donors (Lipinski definition) is 1. The molecule has 2 amide bonds. The number of likely N-dealkylation sites (tertiary alicyclic amines) is 1. The third-order valence-electron chi connectivity index (χ3n) is 8.90. The Kier molecular flexibility index (Phi) is 7.33. The summed E-state index contributed by atoms with van der Waals surface area (Å²) in [4.78, 5) is 29.6. The highest BCUT2D eigenvalue weighted by atomic mass is 16.5. The van der Waals surface area contributed by atoms with Crippen LogP contribution in [0.2, 0.25) is 0 Å². The quantitative estimate of drug-likeness (QED) is 0.660. The molecule has 2 fully saturated rings. The molecule has 1 unspecified atom stereocenters. The number of nitrogens with zero attached hydrogens (tertiary/aromatic N) is 2. The maximum Gasteiger partial charge on any atom is 0.409 e. The smallest absolute Gasteiger partial charge is 0.409 e. The van der Waals surface area contributed by atoms with Crippen molar-refractivity contribution in [2.75, 3.05) is 26.7 Å². The summed E-state index contributed by atoms with van der Waals surface area (Å²) in [6.45, 7) is 5.91. The van der Waals surface area contributed by atoms with Crippen LogP contribution in [0.25, 0.3) is 0 Å². The number of hydrogen-bond acceptors (Lipinski definition) is 4. The largest absolute Gasteiger partial charge is 0.453 e. The molecule has 1 saturated carbocycles. The lowest BCUT2D eigenvalue weighted by atomic mass is 9.56. The molecule has 0 spiro atoms. The third-order valence-corrected chi connectivity index (χ3v) is 8.90. The molecule has 3 atom stereocenters. The lowest BCUT2D eigenvalue weighted by molar-refractivity contribution is -0.120. The van der Waals surface area contributed by atoms with Gasteiger partial charge in [0.25, 0.3) is 0 Å². The maximum atomic E-state index is 12.9. The van der Waals surface area contributed by atoms with Crippen molar-refractivity contribution < 1.29 is 14.3 Å². The molecule has 0 radical (unpaired) electrons. The number of fused-ring (bicyclic) bond motifs is 1. The Hall–Kier alpha value is -2.86. The number of piperidine rings is 1. The molecule has 1 aliphatic carbocycles. The van der Waals surface area contributed by atoms with E-state index in [1.54, 1.807) is 6.92 Å². The van der Waals surface area contributed by atoms with E-state index in [0.29, 0.717) is 24.9 Å². The van der Waals surface area contributed by atoms with Gasteiger partial charge in [0.1, 0.15) is 0 Å². The third kappa shape index (κ3) is 4.75. The van der Waals surface area contributed by atoms with Gasteiger partial charge < -0.3 is 15.0 Å². The van der Waals surface area contributed by atoms with E-state index in [2.05, 4.69) is 64.8 Å². The van der Waals surface area contributed by atoms with E-state index in [1.165, 1.54) is 23.8 Å². The van der Waals surface area contributed by atoms with Crippen molar-refractivity contribution in [1.29, 1.82) is 0 Å². The van der Waals surface area contributed by atoms with Gasteiger partial charge in [-0.3, -0.25) is 9.69 Å². The van der Waals surface area contributed by atoms with Crippen molar-refractivity contribution in [3.63, 3.8) is 0 Å². The van der Waals surface area contributed by atoms with Crippen LogP contribution in [-0.2, 0) is 28.0 Å². The lowest BCUT2D eigenvalue weighted by Crippen LogP contribution is -2.60. The first-order valence-corrected chi connectivity index (χ1v) is 13.5. The summed E-state index contributed by atoms with van der Waals surface area (Å²) >= 11 is 0. The molecule has 6 nitrogen and oxygen atoms in total. The molecule has 6 heteroatoms. The van der Waals surface area contributed by atoms with Crippen LogP contribution >= 0.6 is 0 Å². The maximum absolute atomic E-state index is 12.9. The molecule has 3 aliphatic rings. The second-order valence-electron chi connectivity index (χ2n) is 10.9. The van der Waals surface area contributed by atoms with Crippen molar-refractivity contribution in [2.24, 2.45) is 11.8 Å². The van der Waals surface area contributed by atoms with Gasteiger partial charge in [0.2, 0.25) is 5.91 Å². The minimum Gasteiger partial charge on any atom is -0.453 e. The van der Waals surface area contributed by atoms with Crippen LogP contribution < -0.4 is 5.32 Å². The van der Waals surface area contributed by atoms with Crippen LogP contribution in [0.1, 0.15) is 55.7 Å². The summed E-state index contributed by atoms with van der Waals surface area (Å²) in [6, 6.07) is 19.5. The van der Waals surface area contributed by atoms with E-state index in [1.807, 2.05) is 4.90 Å². The first kappa shape index (κ1) is 24.8. The number of carbonyl (C=O) groups excluding carboxylic acids is 2. The Morgan fingerprint density at radius 2 is 1.72 bits per heavy atom. The van der Waals surface area contributed by atoms with Crippen molar-refractivity contribution in [3.05, 3.63) is 71.3 Å². The highest BCUT2D eigenvalue weighted by molar-refractivity contribution is 5.73. The molecular weight excluding hydrogens is 450 g/mol. The average molecular weight is 490 g/mol. The topological polar surface area (TPSA) is 61.9 Å². The van der Waals surface area contributed by atoms with Crippen LogP contribution in [-0.4, -0.2) is 54.6 Å². The van der Waals surface area contributed by atoms with E-state index in [-0.39, 0.29) is 23.5 Å². The van der Waals surface area contributed by atoms with Crippen LogP contribution in [0.15, 0.2) is 54.6 Å². The molecule has 2 aromatic rings.